The average Bonchev–Trinajstić information content (AvgIpc) is 2.63. The van der Waals surface area contributed by atoms with Crippen molar-refractivity contribution in [2.75, 3.05) is 0 Å². The fourth-order valence-electron chi connectivity index (χ4n) is 3.08. The molecule has 2 aromatic rings. The van der Waals surface area contributed by atoms with Crippen molar-refractivity contribution in [1.29, 1.82) is 0 Å². The number of hydrogen-bond donors (Lipinski definition) is 2. The molecule has 0 heterocycles. The van der Waals surface area contributed by atoms with Crippen molar-refractivity contribution in [3.8, 4) is 0 Å². The van der Waals surface area contributed by atoms with Crippen LogP contribution in [0.2, 0.25) is 0 Å². The van der Waals surface area contributed by atoms with Crippen molar-refractivity contribution in [2.24, 2.45) is 5.73 Å². The van der Waals surface area contributed by atoms with E-state index in [0.717, 1.165) is 36.1 Å². The summed E-state index contributed by atoms with van der Waals surface area (Å²) in [6.07, 6.45) is 3.94. The molecule has 2 aromatic carbocycles. The maximum Gasteiger partial charge on any atom is 0.238 e. The Kier molecular flexibility index (Phi) is 7.82. The molecule has 0 radical (unpaired) electrons. The first-order valence-electron chi connectivity index (χ1n) is 8.55. The summed E-state index contributed by atoms with van der Waals surface area (Å²) in [5, 5.41) is 3.01. The lowest BCUT2D eigenvalue weighted by molar-refractivity contribution is -0.121. The minimum absolute atomic E-state index is 0. The summed E-state index contributed by atoms with van der Waals surface area (Å²) in [5.41, 5.74) is 7.00. The van der Waals surface area contributed by atoms with Gasteiger partial charge in [-0.2, -0.15) is 0 Å². The minimum atomic E-state index is -0.232. The van der Waals surface area contributed by atoms with Crippen LogP contribution in [0.4, 0.5) is 0 Å². The summed E-state index contributed by atoms with van der Waals surface area (Å²) in [7, 11) is 0. The highest BCUT2D eigenvalue weighted by atomic mass is 35.5. The molecule has 25 heavy (non-hydrogen) atoms. The van der Waals surface area contributed by atoms with E-state index in [9.17, 15) is 4.79 Å². The molecule has 1 aliphatic rings. The number of amides is 1. The van der Waals surface area contributed by atoms with E-state index in [-0.39, 0.29) is 29.6 Å². The van der Waals surface area contributed by atoms with E-state index in [4.69, 9.17) is 5.73 Å². The van der Waals surface area contributed by atoms with Crippen LogP contribution < -0.4 is 11.1 Å². The Balaban J connectivity index is 0.00000225. The highest BCUT2D eigenvalue weighted by molar-refractivity contribution is 8.00. The Morgan fingerprint density at radius 1 is 0.960 bits per heavy atom. The number of carbonyl (C=O) groups excluding carboxylic acids is 1. The van der Waals surface area contributed by atoms with Gasteiger partial charge in [-0.05, 0) is 43.4 Å². The topological polar surface area (TPSA) is 55.1 Å². The van der Waals surface area contributed by atoms with Crippen LogP contribution in [0.5, 0.6) is 0 Å². The zero-order valence-electron chi connectivity index (χ0n) is 14.1. The molecule has 1 fully saturated rings. The molecule has 5 heteroatoms. The second kappa shape index (κ2) is 9.85. The van der Waals surface area contributed by atoms with Gasteiger partial charge in [0.25, 0.3) is 0 Å². The van der Waals surface area contributed by atoms with Crippen molar-refractivity contribution in [1.82, 2.24) is 5.32 Å². The van der Waals surface area contributed by atoms with Gasteiger partial charge < -0.3 is 11.1 Å². The zero-order chi connectivity index (χ0) is 16.8. The maximum atomic E-state index is 12.9. The molecule has 134 valence electrons. The van der Waals surface area contributed by atoms with Gasteiger partial charge in [0.2, 0.25) is 5.91 Å². The molecule has 3 nitrogen and oxygen atoms in total. The van der Waals surface area contributed by atoms with Gasteiger partial charge in [-0.3, -0.25) is 4.79 Å². The second-order valence-corrected chi connectivity index (χ2v) is 7.52. The van der Waals surface area contributed by atoms with Gasteiger partial charge in [-0.25, -0.2) is 0 Å². The van der Waals surface area contributed by atoms with Gasteiger partial charge >= 0.3 is 0 Å². The minimum Gasteiger partial charge on any atom is -0.352 e. The lowest BCUT2D eigenvalue weighted by Crippen LogP contribution is -2.41. The summed E-state index contributed by atoms with van der Waals surface area (Å²) in [6, 6.07) is 20.6. The molecule has 1 aliphatic carbocycles. The van der Waals surface area contributed by atoms with Crippen LogP contribution in [0.3, 0.4) is 0 Å². The smallest absolute Gasteiger partial charge is 0.238 e. The van der Waals surface area contributed by atoms with E-state index in [2.05, 4.69) is 5.32 Å². The molecular weight excluding hydrogens is 352 g/mol. The monoisotopic (exact) mass is 376 g/mol. The first-order chi connectivity index (χ1) is 11.7. The normalized spacial score (nSPS) is 21.0. The molecular formula is C20H25ClN2OS. The lowest BCUT2D eigenvalue weighted by atomic mass is 9.91. The van der Waals surface area contributed by atoms with Gasteiger partial charge in [0, 0.05) is 17.0 Å². The van der Waals surface area contributed by atoms with Crippen molar-refractivity contribution >= 4 is 30.1 Å². The van der Waals surface area contributed by atoms with Crippen LogP contribution in [0.15, 0.2) is 65.6 Å². The van der Waals surface area contributed by atoms with Crippen LogP contribution in [0.1, 0.15) is 36.5 Å². The first kappa shape index (κ1) is 19.8. The van der Waals surface area contributed by atoms with Gasteiger partial charge in [0.1, 0.15) is 5.25 Å². The highest BCUT2D eigenvalue weighted by Crippen LogP contribution is 2.35. The Bertz CT molecular complexity index is 645. The van der Waals surface area contributed by atoms with Crippen LogP contribution in [-0.4, -0.2) is 18.0 Å². The molecule has 3 N–H and O–H groups in total. The number of hydrogen-bond acceptors (Lipinski definition) is 3. The Labute approximate surface area is 160 Å². The summed E-state index contributed by atoms with van der Waals surface area (Å²) >= 11 is 1.60. The lowest BCUT2D eigenvalue weighted by Gasteiger charge is -2.28. The average molecular weight is 377 g/mol. The van der Waals surface area contributed by atoms with Crippen molar-refractivity contribution in [3.05, 3.63) is 66.2 Å². The van der Waals surface area contributed by atoms with E-state index < -0.39 is 0 Å². The molecule has 3 rings (SSSR count). The number of nitrogens with one attached hydrogen (secondary N) is 1. The van der Waals surface area contributed by atoms with E-state index >= 15 is 0 Å². The van der Waals surface area contributed by atoms with Gasteiger partial charge in [-0.1, -0.05) is 48.5 Å². The fraction of sp³-hybridized carbons (Fsp3) is 0.350. The SMILES string of the molecule is Cl.NC1CCC(NC(=O)C(Sc2ccccc2)c2ccccc2)CC1. The summed E-state index contributed by atoms with van der Waals surface area (Å²) in [4.78, 5) is 14.0. The first-order valence-corrected chi connectivity index (χ1v) is 9.43. The third-order valence-corrected chi connectivity index (χ3v) is 5.72. The Morgan fingerprint density at radius 2 is 1.52 bits per heavy atom. The van der Waals surface area contributed by atoms with Crippen LogP contribution in [0, 0.1) is 0 Å². The van der Waals surface area contributed by atoms with Gasteiger partial charge in [0.05, 0.1) is 0 Å². The molecule has 0 spiro atoms. The molecule has 1 saturated carbocycles. The Morgan fingerprint density at radius 3 is 2.12 bits per heavy atom. The third-order valence-electron chi connectivity index (χ3n) is 4.46. The molecule has 0 aliphatic heterocycles. The van der Waals surface area contributed by atoms with Crippen LogP contribution >= 0.6 is 24.2 Å². The predicted octanol–water partition coefficient (Wildman–Crippen LogP) is 4.33. The molecule has 0 aromatic heterocycles. The zero-order valence-corrected chi connectivity index (χ0v) is 15.8. The number of carbonyl (C=O) groups is 1. The number of halogens is 1. The van der Waals surface area contributed by atoms with Crippen molar-refractivity contribution < 1.29 is 4.79 Å². The maximum absolute atomic E-state index is 12.9. The Hall–Kier alpha value is -1.49. The standard InChI is InChI=1S/C20H24N2OS.ClH/c21-16-11-13-17(14-12-16)22-20(23)19(15-7-3-1-4-8-15)24-18-9-5-2-6-10-18;/h1-10,16-17,19H,11-14,21H2,(H,22,23);1H. The third kappa shape index (κ3) is 5.77. The van der Waals surface area contributed by atoms with Crippen molar-refractivity contribution in [2.45, 2.75) is 47.9 Å². The number of rotatable bonds is 5. The summed E-state index contributed by atoms with van der Waals surface area (Å²) in [5.74, 6) is 0.0931. The molecule has 1 amide bonds. The van der Waals surface area contributed by atoms with Crippen molar-refractivity contribution in [3.63, 3.8) is 0 Å². The molecule has 1 atom stereocenters. The molecule has 1 unspecified atom stereocenters. The van der Waals surface area contributed by atoms with Gasteiger partial charge in [-0.15, -0.1) is 24.2 Å². The predicted molar refractivity (Wildman–Crippen MR) is 107 cm³/mol. The summed E-state index contributed by atoms with van der Waals surface area (Å²) < 4.78 is 0. The molecule has 0 saturated heterocycles. The second-order valence-electron chi connectivity index (χ2n) is 6.34. The van der Waals surface area contributed by atoms with E-state index in [1.807, 2.05) is 60.7 Å². The number of benzene rings is 2. The number of thioether (sulfide) groups is 1. The number of nitrogens with two attached hydrogens (primary N) is 1. The highest BCUT2D eigenvalue weighted by Gasteiger charge is 2.26. The van der Waals surface area contributed by atoms with Gasteiger partial charge in [0.15, 0.2) is 0 Å². The fourth-order valence-corrected chi connectivity index (χ4v) is 4.13. The van der Waals surface area contributed by atoms with E-state index in [1.165, 1.54) is 0 Å². The quantitative estimate of drug-likeness (QED) is 0.763. The van der Waals surface area contributed by atoms with Crippen LogP contribution in [-0.2, 0) is 4.79 Å². The largest absolute Gasteiger partial charge is 0.352 e. The molecule has 0 bridgehead atoms. The van der Waals surface area contributed by atoms with E-state index in [1.54, 1.807) is 11.8 Å². The summed E-state index contributed by atoms with van der Waals surface area (Å²) in [6.45, 7) is 0. The van der Waals surface area contributed by atoms with E-state index in [0.29, 0.717) is 6.04 Å². The van der Waals surface area contributed by atoms with Crippen LogP contribution in [0.25, 0.3) is 0 Å².